The van der Waals surface area contributed by atoms with E-state index in [2.05, 4.69) is 20.9 Å². The minimum absolute atomic E-state index is 0.0526. The molecule has 52 heavy (non-hydrogen) atoms. The summed E-state index contributed by atoms with van der Waals surface area (Å²) in [5.41, 5.74) is 1.38. The van der Waals surface area contributed by atoms with Crippen LogP contribution in [0.1, 0.15) is 32.3 Å². The molecule has 18 heteroatoms. The lowest BCUT2D eigenvalue weighted by molar-refractivity contribution is -0.127. The Morgan fingerprint density at radius 3 is 2.52 bits per heavy atom. The molecule has 13 nitrogen and oxygen atoms in total. The molecule has 3 aliphatic rings. The number of nitrogens with one attached hydrogen (secondary N) is 3. The molecule has 286 valence electrons. The fourth-order valence-electron chi connectivity index (χ4n) is 6.37. The number of anilines is 1. The topological polar surface area (TPSA) is 161 Å². The van der Waals surface area contributed by atoms with Crippen molar-refractivity contribution in [2.75, 3.05) is 45.3 Å². The standard InChI is InChI=1S/C34H44F3N5O8S2/c1-19(2)14-42(52(45,46)23-10-11-24-29(13-23)51-32(40-24)39-21-6-7-21)15-27(43)25(12-20-4-8-22(47-3)9-5-20)41-33(44)50-28-17-49-31-30(28)26(16-48-31)38-18-34(35,36)37/h4-5,8-11,13,19,21,25-28,30-31,38,43H,6-7,12,14-18H2,1-3H3,(H,39,40)(H,41,44)/t25-,26-,27+,28-,30-,31+/m0/s1. The number of alkyl carbamates (subject to hydrolysis) is 1. The molecule has 0 radical (unpaired) electrons. The van der Waals surface area contributed by atoms with Crippen LogP contribution in [0, 0.1) is 11.8 Å². The van der Waals surface area contributed by atoms with Crippen molar-refractivity contribution in [3.63, 3.8) is 0 Å². The Morgan fingerprint density at radius 2 is 1.85 bits per heavy atom. The quantitative estimate of drug-likeness (QED) is 0.166. The van der Waals surface area contributed by atoms with Gasteiger partial charge < -0.3 is 40.0 Å². The number of hydrogen-bond acceptors (Lipinski definition) is 12. The van der Waals surface area contributed by atoms with Crippen molar-refractivity contribution in [1.29, 1.82) is 0 Å². The number of aromatic nitrogens is 1. The van der Waals surface area contributed by atoms with Gasteiger partial charge in [0.2, 0.25) is 10.0 Å². The van der Waals surface area contributed by atoms with Crippen molar-refractivity contribution in [3.05, 3.63) is 48.0 Å². The highest BCUT2D eigenvalue weighted by Gasteiger charge is 2.50. The molecule has 1 amide bonds. The van der Waals surface area contributed by atoms with E-state index in [1.807, 2.05) is 13.8 Å². The number of alkyl halides is 3. The Kier molecular flexibility index (Phi) is 11.8. The Bertz CT molecular complexity index is 1790. The zero-order valence-electron chi connectivity index (χ0n) is 29.0. The normalized spacial score (nSPS) is 23.2. The molecule has 0 bridgehead atoms. The van der Waals surface area contributed by atoms with E-state index < -0.39 is 65.3 Å². The van der Waals surface area contributed by atoms with Crippen LogP contribution in [0.3, 0.4) is 0 Å². The van der Waals surface area contributed by atoms with E-state index in [1.54, 1.807) is 36.4 Å². The maximum atomic E-state index is 14.2. The first-order chi connectivity index (χ1) is 24.7. The highest BCUT2D eigenvalue weighted by atomic mass is 32.2. The molecule has 0 spiro atoms. The van der Waals surface area contributed by atoms with Crippen molar-refractivity contribution in [2.24, 2.45) is 11.8 Å². The van der Waals surface area contributed by atoms with Gasteiger partial charge in [0.1, 0.15) is 11.9 Å². The van der Waals surface area contributed by atoms with Gasteiger partial charge in [-0.15, -0.1) is 0 Å². The number of halogens is 3. The van der Waals surface area contributed by atoms with Crippen molar-refractivity contribution >= 4 is 42.8 Å². The largest absolute Gasteiger partial charge is 0.497 e. The number of carbonyl (C=O) groups excluding carboxylic acids is 1. The van der Waals surface area contributed by atoms with Crippen molar-refractivity contribution in [1.82, 2.24) is 19.9 Å². The Balaban J connectivity index is 1.19. The molecule has 1 aromatic heterocycles. The van der Waals surface area contributed by atoms with Gasteiger partial charge >= 0.3 is 12.3 Å². The summed E-state index contributed by atoms with van der Waals surface area (Å²) in [5, 5.41) is 20.9. The Morgan fingerprint density at radius 1 is 1.12 bits per heavy atom. The zero-order chi connectivity index (χ0) is 37.2. The van der Waals surface area contributed by atoms with Gasteiger partial charge in [-0.25, -0.2) is 18.2 Å². The third-order valence-corrected chi connectivity index (χ3v) is 11.9. The number of aliphatic hydroxyl groups excluding tert-OH is 1. The van der Waals surface area contributed by atoms with Crippen LogP contribution < -0.4 is 20.7 Å². The van der Waals surface area contributed by atoms with Crippen molar-refractivity contribution < 1.29 is 50.4 Å². The van der Waals surface area contributed by atoms with Crippen molar-refractivity contribution in [3.8, 4) is 5.75 Å². The first-order valence-electron chi connectivity index (χ1n) is 17.2. The van der Waals surface area contributed by atoms with Crippen LogP contribution >= 0.6 is 11.3 Å². The van der Waals surface area contributed by atoms with Crippen LogP contribution in [0.4, 0.5) is 23.1 Å². The number of benzene rings is 2. The maximum absolute atomic E-state index is 14.2. The number of sulfonamides is 1. The van der Waals surface area contributed by atoms with Crippen LogP contribution in [0.5, 0.6) is 5.75 Å². The predicted octanol–water partition coefficient (Wildman–Crippen LogP) is 4.12. The molecule has 1 saturated carbocycles. The predicted molar refractivity (Wildman–Crippen MR) is 187 cm³/mol. The molecule has 4 N–H and O–H groups in total. The first kappa shape index (κ1) is 38.5. The van der Waals surface area contributed by atoms with Gasteiger partial charge in [-0.2, -0.15) is 17.5 Å². The van der Waals surface area contributed by atoms with Crippen LogP contribution in [0.15, 0.2) is 47.4 Å². The number of ether oxygens (including phenoxy) is 4. The molecule has 2 saturated heterocycles. The van der Waals surface area contributed by atoms with E-state index in [4.69, 9.17) is 18.9 Å². The first-order valence-corrected chi connectivity index (χ1v) is 19.4. The molecule has 3 heterocycles. The second-order valence-electron chi connectivity index (χ2n) is 13.8. The third kappa shape index (κ3) is 9.64. The number of nitrogens with zero attached hydrogens (tertiary/aromatic N) is 2. The maximum Gasteiger partial charge on any atom is 0.407 e. The average molecular weight is 772 g/mol. The van der Waals surface area contributed by atoms with Gasteiger partial charge in [-0.05, 0) is 61.1 Å². The van der Waals surface area contributed by atoms with E-state index in [9.17, 15) is 31.5 Å². The van der Waals surface area contributed by atoms with E-state index in [0.29, 0.717) is 27.6 Å². The van der Waals surface area contributed by atoms with Gasteiger partial charge in [-0.1, -0.05) is 37.3 Å². The van der Waals surface area contributed by atoms with Crippen LogP contribution in [-0.4, -0.2) is 112 Å². The van der Waals surface area contributed by atoms with Gasteiger partial charge in [0.15, 0.2) is 11.4 Å². The number of methoxy groups -OCH3 is 1. The molecule has 6 atom stereocenters. The molecule has 1 aliphatic carbocycles. The number of fused-ring (bicyclic) bond motifs is 2. The lowest BCUT2D eigenvalue weighted by Gasteiger charge is -2.31. The lowest BCUT2D eigenvalue weighted by atomic mass is 9.98. The minimum Gasteiger partial charge on any atom is -0.497 e. The molecular weight excluding hydrogens is 728 g/mol. The van der Waals surface area contributed by atoms with Crippen LogP contribution in [0.2, 0.25) is 0 Å². The molecule has 6 rings (SSSR count). The second kappa shape index (κ2) is 16.0. The Hall–Kier alpha value is -3.26. The van der Waals surface area contributed by atoms with E-state index in [1.165, 1.54) is 28.8 Å². The SMILES string of the molecule is COc1ccc(C[C@H](NC(=O)O[C@H]2CO[C@H]3OC[C@H](NCC(F)(F)F)[C@H]32)[C@H](O)CN(CC(C)C)S(=O)(=O)c2ccc3nc(NC4CC4)sc3c2)cc1. The molecule has 0 unspecified atom stereocenters. The monoisotopic (exact) mass is 771 g/mol. The number of amides is 1. The van der Waals surface area contributed by atoms with E-state index in [-0.39, 0.29) is 43.5 Å². The van der Waals surface area contributed by atoms with Crippen LogP contribution in [-0.2, 0) is 30.7 Å². The molecular formula is C34H44F3N5O8S2. The average Bonchev–Trinajstić information content (AvgIpc) is 3.47. The van der Waals surface area contributed by atoms with E-state index in [0.717, 1.165) is 18.0 Å². The Labute approximate surface area is 304 Å². The van der Waals surface area contributed by atoms with Gasteiger partial charge in [0.05, 0.1) is 60.0 Å². The van der Waals surface area contributed by atoms with Gasteiger partial charge in [-0.3, -0.25) is 0 Å². The fourth-order valence-corrected chi connectivity index (χ4v) is 9.08. The summed E-state index contributed by atoms with van der Waals surface area (Å²) in [7, 11) is -2.60. The highest BCUT2D eigenvalue weighted by molar-refractivity contribution is 7.89. The fraction of sp³-hybridized carbons (Fsp3) is 0.588. The minimum atomic E-state index is -4.45. The summed E-state index contributed by atoms with van der Waals surface area (Å²) in [6.07, 6.45) is -6.35. The van der Waals surface area contributed by atoms with Crippen LogP contribution in [0.25, 0.3) is 10.2 Å². The summed E-state index contributed by atoms with van der Waals surface area (Å²) < 4.78 is 91.0. The second-order valence-corrected chi connectivity index (χ2v) is 16.8. The lowest BCUT2D eigenvalue weighted by Crippen LogP contribution is -2.52. The molecule has 2 aliphatic heterocycles. The summed E-state index contributed by atoms with van der Waals surface area (Å²) in [6.45, 7) is 2.06. The van der Waals surface area contributed by atoms with Crippen molar-refractivity contribution in [2.45, 2.75) is 80.8 Å². The summed E-state index contributed by atoms with van der Waals surface area (Å²) in [5.74, 6) is -0.204. The molecule has 3 aromatic rings. The number of thiazole rings is 1. The highest BCUT2D eigenvalue weighted by Crippen LogP contribution is 2.35. The third-order valence-electron chi connectivity index (χ3n) is 9.14. The van der Waals surface area contributed by atoms with Gasteiger partial charge in [0, 0.05) is 25.2 Å². The summed E-state index contributed by atoms with van der Waals surface area (Å²) in [4.78, 5) is 18.0. The number of rotatable bonds is 16. The summed E-state index contributed by atoms with van der Waals surface area (Å²) in [6, 6.07) is 10.3. The number of carbonyl (C=O) groups is 1. The molecule has 3 fully saturated rings. The van der Waals surface area contributed by atoms with Gasteiger partial charge in [0.25, 0.3) is 0 Å². The number of hydrogen-bond donors (Lipinski definition) is 4. The zero-order valence-corrected chi connectivity index (χ0v) is 30.6. The smallest absolute Gasteiger partial charge is 0.407 e. The summed E-state index contributed by atoms with van der Waals surface area (Å²) >= 11 is 1.38. The molecule has 2 aromatic carbocycles. The van der Waals surface area contributed by atoms with E-state index >= 15 is 0 Å². The number of aliphatic hydroxyl groups is 1.